The molecule has 0 aromatic heterocycles. The van der Waals surface area contributed by atoms with Crippen LogP contribution in [0.4, 0.5) is 0 Å². The van der Waals surface area contributed by atoms with Gasteiger partial charge in [0.05, 0.1) is 0 Å². The maximum Gasteiger partial charge on any atom is 0.0359 e. The van der Waals surface area contributed by atoms with Gasteiger partial charge >= 0.3 is 0 Å². The van der Waals surface area contributed by atoms with Crippen molar-refractivity contribution < 1.29 is 0 Å². The minimum atomic E-state index is 0.296. The molecular weight excluding hydrogens is 184 g/mol. The van der Waals surface area contributed by atoms with E-state index in [0.717, 1.165) is 12.5 Å². The molecule has 2 heteroatoms. The van der Waals surface area contributed by atoms with Crippen molar-refractivity contribution in [2.75, 3.05) is 13.6 Å². The molecule has 0 radical (unpaired) electrons. The summed E-state index contributed by atoms with van der Waals surface area (Å²) in [6.45, 7) is 7.72. The minimum absolute atomic E-state index is 0.296. The summed E-state index contributed by atoms with van der Waals surface area (Å²) in [6, 6.07) is 0.653. The molecule has 2 N–H and O–H groups in total. The molecule has 90 valence electrons. The SMILES string of the molecule is CCC(C)N(C)C1(CN)CCCC1CC. The number of nitrogens with two attached hydrogens (primary N) is 1. The van der Waals surface area contributed by atoms with E-state index in [1.54, 1.807) is 0 Å². The Kier molecular flexibility index (Phi) is 4.60. The molecule has 3 unspecified atom stereocenters. The van der Waals surface area contributed by atoms with Crippen molar-refractivity contribution in [1.29, 1.82) is 0 Å². The van der Waals surface area contributed by atoms with Gasteiger partial charge in [-0.05, 0) is 39.2 Å². The molecule has 0 aromatic rings. The first-order valence-corrected chi connectivity index (χ1v) is 6.55. The first kappa shape index (κ1) is 13.0. The predicted molar refractivity (Wildman–Crippen MR) is 66.9 cm³/mol. The van der Waals surface area contributed by atoms with Gasteiger partial charge in [0.2, 0.25) is 0 Å². The summed E-state index contributed by atoms with van der Waals surface area (Å²) >= 11 is 0. The lowest BCUT2D eigenvalue weighted by atomic mass is 9.82. The molecule has 1 saturated carbocycles. The van der Waals surface area contributed by atoms with Crippen LogP contribution < -0.4 is 5.73 Å². The highest BCUT2D eigenvalue weighted by Gasteiger charge is 2.44. The predicted octanol–water partition coefficient (Wildman–Crippen LogP) is 2.62. The quantitative estimate of drug-likeness (QED) is 0.759. The summed E-state index contributed by atoms with van der Waals surface area (Å²) in [6.07, 6.45) is 6.51. The molecule has 1 fully saturated rings. The Hall–Kier alpha value is -0.0800. The molecule has 1 aliphatic rings. The second-order valence-corrected chi connectivity index (χ2v) is 5.17. The number of hydrogen-bond acceptors (Lipinski definition) is 2. The maximum atomic E-state index is 6.09. The number of rotatable bonds is 5. The summed E-state index contributed by atoms with van der Waals surface area (Å²) in [7, 11) is 2.27. The highest BCUT2D eigenvalue weighted by atomic mass is 15.2. The Morgan fingerprint density at radius 3 is 2.60 bits per heavy atom. The van der Waals surface area contributed by atoms with Gasteiger partial charge in [-0.15, -0.1) is 0 Å². The van der Waals surface area contributed by atoms with Crippen LogP contribution in [-0.4, -0.2) is 30.1 Å². The smallest absolute Gasteiger partial charge is 0.0359 e. The number of nitrogens with zero attached hydrogens (tertiary/aromatic N) is 1. The molecule has 1 rings (SSSR count). The maximum absolute atomic E-state index is 6.09. The fraction of sp³-hybridized carbons (Fsp3) is 1.00. The average Bonchev–Trinajstić information content (AvgIpc) is 2.70. The molecule has 0 bridgehead atoms. The molecule has 0 heterocycles. The van der Waals surface area contributed by atoms with Crippen LogP contribution in [0.3, 0.4) is 0 Å². The van der Waals surface area contributed by atoms with E-state index in [1.807, 2.05) is 0 Å². The first-order valence-electron chi connectivity index (χ1n) is 6.55. The van der Waals surface area contributed by atoms with Crippen molar-refractivity contribution in [3.05, 3.63) is 0 Å². The van der Waals surface area contributed by atoms with Gasteiger partial charge in [0.25, 0.3) is 0 Å². The zero-order valence-electron chi connectivity index (χ0n) is 10.9. The van der Waals surface area contributed by atoms with Crippen LogP contribution in [0.2, 0.25) is 0 Å². The first-order chi connectivity index (χ1) is 7.12. The van der Waals surface area contributed by atoms with Crippen LogP contribution in [0.5, 0.6) is 0 Å². The van der Waals surface area contributed by atoms with Crippen molar-refractivity contribution in [3.63, 3.8) is 0 Å². The Morgan fingerprint density at radius 2 is 2.13 bits per heavy atom. The van der Waals surface area contributed by atoms with Gasteiger partial charge < -0.3 is 5.73 Å². The number of likely N-dealkylation sites (N-methyl/N-ethyl adjacent to an activating group) is 1. The second-order valence-electron chi connectivity index (χ2n) is 5.17. The van der Waals surface area contributed by atoms with Crippen LogP contribution in [0, 0.1) is 5.92 Å². The molecule has 3 atom stereocenters. The Morgan fingerprint density at radius 1 is 1.47 bits per heavy atom. The molecule has 1 aliphatic carbocycles. The van der Waals surface area contributed by atoms with Gasteiger partial charge in [0.1, 0.15) is 0 Å². The van der Waals surface area contributed by atoms with E-state index in [-0.39, 0.29) is 0 Å². The molecule has 0 saturated heterocycles. The van der Waals surface area contributed by atoms with Crippen molar-refractivity contribution in [2.24, 2.45) is 11.7 Å². The molecule has 15 heavy (non-hydrogen) atoms. The third-order valence-corrected chi connectivity index (χ3v) is 4.72. The zero-order chi connectivity index (χ0) is 11.5. The fourth-order valence-electron chi connectivity index (χ4n) is 3.30. The van der Waals surface area contributed by atoms with Crippen LogP contribution in [0.15, 0.2) is 0 Å². The number of hydrogen-bond donors (Lipinski definition) is 1. The average molecular weight is 212 g/mol. The molecule has 0 aromatic carbocycles. The van der Waals surface area contributed by atoms with Crippen LogP contribution in [0.1, 0.15) is 52.9 Å². The summed E-state index contributed by atoms with van der Waals surface area (Å²) in [4.78, 5) is 2.56. The Balaban J connectivity index is 2.83. The van der Waals surface area contributed by atoms with Crippen LogP contribution in [0.25, 0.3) is 0 Å². The van der Waals surface area contributed by atoms with Crippen molar-refractivity contribution >= 4 is 0 Å². The van der Waals surface area contributed by atoms with Gasteiger partial charge in [-0.2, -0.15) is 0 Å². The summed E-state index contributed by atoms with van der Waals surface area (Å²) in [5.74, 6) is 0.807. The van der Waals surface area contributed by atoms with E-state index in [2.05, 4.69) is 32.7 Å². The largest absolute Gasteiger partial charge is 0.329 e. The third kappa shape index (κ3) is 2.21. The molecular formula is C13H28N2. The van der Waals surface area contributed by atoms with Gasteiger partial charge in [-0.1, -0.05) is 26.7 Å². The van der Waals surface area contributed by atoms with Gasteiger partial charge in [0, 0.05) is 18.1 Å². The molecule has 0 aliphatic heterocycles. The summed E-state index contributed by atoms with van der Waals surface area (Å²) < 4.78 is 0. The molecule has 0 spiro atoms. The fourth-order valence-corrected chi connectivity index (χ4v) is 3.30. The minimum Gasteiger partial charge on any atom is -0.329 e. The van der Waals surface area contributed by atoms with Crippen molar-refractivity contribution in [3.8, 4) is 0 Å². The Bertz CT molecular complexity index is 193. The van der Waals surface area contributed by atoms with Crippen LogP contribution in [-0.2, 0) is 0 Å². The zero-order valence-corrected chi connectivity index (χ0v) is 10.9. The van der Waals surface area contributed by atoms with E-state index in [0.29, 0.717) is 11.6 Å². The summed E-state index contributed by atoms with van der Waals surface area (Å²) in [5, 5.41) is 0. The monoisotopic (exact) mass is 212 g/mol. The second kappa shape index (κ2) is 5.31. The van der Waals surface area contributed by atoms with Gasteiger partial charge in [-0.3, -0.25) is 4.90 Å². The van der Waals surface area contributed by atoms with E-state index in [1.165, 1.54) is 32.1 Å². The van der Waals surface area contributed by atoms with E-state index >= 15 is 0 Å². The van der Waals surface area contributed by atoms with E-state index < -0.39 is 0 Å². The lowest BCUT2D eigenvalue weighted by Gasteiger charge is -2.45. The lowest BCUT2D eigenvalue weighted by Crippen LogP contribution is -2.57. The normalized spacial score (nSPS) is 33.6. The topological polar surface area (TPSA) is 29.3 Å². The molecule has 0 amide bonds. The van der Waals surface area contributed by atoms with E-state index in [9.17, 15) is 0 Å². The van der Waals surface area contributed by atoms with Crippen LogP contribution >= 0.6 is 0 Å². The Labute approximate surface area is 95.2 Å². The summed E-state index contributed by atoms with van der Waals surface area (Å²) in [5.41, 5.74) is 6.38. The standard InChI is InChI=1S/C13H28N2/c1-5-11(3)15(4)13(10-14)9-7-8-12(13)6-2/h11-12H,5-10,14H2,1-4H3. The van der Waals surface area contributed by atoms with E-state index in [4.69, 9.17) is 5.73 Å². The lowest BCUT2D eigenvalue weighted by molar-refractivity contribution is 0.0466. The van der Waals surface area contributed by atoms with Gasteiger partial charge in [-0.25, -0.2) is 0 Å². The molecule has 2 nitrogen and oxygen atoms in total. The van der Waals surface area contributed by atoms with Crippen molar-refractivity contribution in [1.82, 2.24) is 4.90 Å². The highest BCUT2D eigenvalue weighted by molar-refractivity contribution is 5.01. The third-order valence-electron chi connectivity index (χ3n) is 4.72. The van der Waals surface area contributed by atoms with Gasteiger partial charge in [0.15, 0.2) is 0 Å². The van der Waals surface area contributed by atoms with Crippen molar-refractivity contribution in [2.45, 2.75) is 64.5 Å². The highest BCUT2D eigenvalue weighted by Crippen LogP contribution is 2.42.